The first-order valence-corrected chi connectivity index (χ1v) is 27.6. The van der Waals surface area contributed by atoms with Gasteiger partial charge in [0, 0.05) is 19.3 Å². The molecule has 0 fully saturated rings. The molecule has 1 unspecified atom stereocenters. The number of unbranched alkanes of at least 4 members (excludes halogenated alkanes) is 31. The van der Waals surface area contributed by atoms with Crippen LogP contribution in [0.4, 0.5) is 0 Å². The molecular weight excluding hydrogens is 793 g/mol. The van der Waals surface area contributed by atoms with E-state index in [2.05, 4.69) is 69.4 Å². The standard InChI is InChI=1S/C58H104O6/c1-4-7-10-13-16-19-21-23-25-27-29-31-33-35-37-39-42-45-48-51-57(60)63-54-55(53-62-56(59)50-47-44-41-18-15-12-9-6-3)64-58(61)52-49-46-43-40-38-36-34-32-30-28-26-24-22-20-17-14-11-8-5-2/h16-17,19-20,23-26,55H,4-15,18,21-22,27-54H2,1-3H3/b19-16-,20-17-,25-23-,26-24-. The molecule has 0 rings (SSSR count). The van der Waals surface area contributed by atoms with Gasteiger partial charge in [-0.3, -0.25) is 14.4 Å². The maximum absolute atomic E-state index is 12.8. The van der Waals surface area contributed by atoms with Gasteiger partial charge in [-0.25, -0.2) is 0 Å². The quantitative estimate of drug-likeness (QED) is 0.0262. The monoisotopic (exact) mass is 897 g/mol. The topological polar surface area (TPSA) is 78.9 Å². The number of carbonyl (C=O) groups excluding carboxylic acids is 3. The van der Waals surface area contributed by atoms with Gasteiger partial charge >= 0.3 is 17.9 Å². The molecule has 0 bridgehead atoms. The van der Waals surface area contributed by atoms with Gasteiger partial charge in [0.1, 0.15) is 13.2 Å². The highest BCUT2D eigenvalue weighted by molar-refractivity contribution is 5.71. The highest BCUT2D eigenvalue weighted by Gasteiger charge is 2.19. The van der Waals surface area contributed by atoms with Gasteiger partial charge < -0.3 is 14.2 Å². The van der Waals surface area contributed by atoms with Crippen LogP contribution in [0, 0.1) is 0 Å². The lowest BCUT2D eigenvalue weighted by atomic mass is 10.1. The van der Waals surface area contributed by atoms with E-state index in [0.717, 1.165) is 70.6 Å². The van der Waals surface area contributed by atoms with Crippen molar-refractivity contribution in [3.8, 4) is 0 Å². The van der Waals surface area contributed by atoms with E-state index in [0.29, 0.717) is 19.3 Å². The molecule has 6 nitrogen and oxygen atoms in total. The van der Waals surface area contributed by atoms with Crippen LogP contribution in [0.3, 0.4) is 0 Å². The van der Waals surface area contributed by atoms with Crippen molar-refractivity contribution in [1.82, 2.24) is 0 Å². The van der Waals surface area contributed by atoms with Gasteiger partial charge in [0.25, 0.3) is 0 Å². The summed E-state index contributed by atoms with van der Waals surface area (Å²) in [6.45, 7) is 6.58. The third-order valence-corrected chi connectivity index (χ3v) is 12.1. The summed E-state index contributed by atoms with van der Waals surface area (Å²) in [6.07, 6.45) is 63.9. The maximum atomic E-state index is 12.8. The average Bonchev–Trinajstić information content (AvgIpc) is 3.29. The average molecular weight is 897 g/mol. The Balaban J connectivity index is 4.25. The molecular formula is C58H104O6. The fourth-order valence-electron chi connectivity index (χ4n) is 7.86. The minimum Gasteiger partial charge on any atom is -0.462 e. The second kappa shape index (κ2) is 53.0. The van der Waals surface area contributed by atoms with Crippen molar-refractivity contribution in [2.75, 3.05) is 13.2 Å². The first-order valence-electron chi connectivity index (χ1n) is 27.6. The van der Waals surface area contributed by atoms with E-state index in [1.54, 1.807) is 0 Å². The van der Waals surface area contributed by atoms with Gasteiger partial charge in [0.05, 0.1) is 0 Å². The predicted molar refractivity (Wildman–Crippen MR) is 275 cm³/mol. The summed E-state index contributed by atoms with van der Waals surface area (Å²) in [5, 5.41) is 0. The molecule has 64 heavy (non-hydrogen) atoms. The molecule has 1 atom stereocenters. The lowest BCUT2D eigenvalue weighted by Gasteiger charge is -2.18. The summed E-state index contributed by atoms with van der Waals surface area (Å²) < 4.78 is 16.8. The molecule has 0 amide bonds. The zero-order valence-electron chi connectivity index (χ0n) is 42.6. The van der Waals surface area contributed by atoms with Gasteiger partial charge in [-0.15, -0.1) is 0 Å². The summed E-state index contributed by atoms with van der Waals surface area (Å²) in [6, 6.07) is 0. The molecule has 0 N–H and O–H groups in total. The van der Waals surface area contributed by atoms with Crippen LogP contribution >= 0.6 is 0 Å². The lowest BCUT2D eigenvalue weighted by Crippen LogP contribution is -2.30. The molecule has 0 aromatic carbocycles. The summed E-state index contributed by atoms with van der Waals surface area (Å²) in [4.78, 5) is 37.9. The van der Waals surface area contributed by atoms with E-state index in [1.165, 1.54) is 173 Å². The third-order valence-electron chi connectivity index (χ3n) is 12.1. The van der Waals surface area contributed by atoms with Gasteiger partial charge in [0.15, 0.2) is 6.10 Å². The van der Waals surface area contributed by atoms with Crippen molar-refractivity contribution in [2.24, 2.45) is 0 Å². The molecule has 0 heterocycles. The third kappa shape index (κ3) is 50.4. The smallest absolute Gasteiger partial charge is 0.306 e. The largest absolute Gasteiger partial charge is 0.462 e. The number of allylic oxidation sites excluding steroid dienone is 8. The van der Waals surface area contributed by atoms with Gasteiger partial charge in [-0.2, -0.15) is 0 Å². The van der Waals surface area contributed by atoms with Crippen LogP contribution in [0.15, 0.2) is 48.6 Å². The Morgan fingerprint density at radius 3 is 0.891 bits per heavy atom. The molecule has 0 aliphatic carbocycles. The Hall–Kier alpha value is -2.63. The van der Waals surface area contributed by atoms with Gasteiger partial charge in [-0.1, -0.05) is 230 Å². The number of rotatable bonds is 50. The number of hydrogen-bond donors (Lipinski definition) is 0. The van der Waals surface area contributed by atoms with Crippen LogP contribution in [0.25, 0.3) is 0 Å². The van der Waals surface area contributed by atoms with Crippen molar-refractivity contribution in [2.45, 2.75) is 290 Å². The normalized spacial score (nSPS) is 12.4. The fraction of sp³-hybridized carbons (Fsp3) is 0.810. The molecule has 0 radical (unpaired) electrons. The summed E-state index contributed by atoms with van der Waals surface area (Å²) >= 11 is 0. The maximum Gasteiger partial charge on any atom is 0.306 e. The first kappa shape index (κ1) is 61.4. The predicted octanol–water partition coefficient (Wildman–Crippen LogP) is 18.3. The van der Waals surface area contributed by atoms with E-state index in [9.17, 15) is 14.4 Å². The zero-order chi connectivity index (χ0) is 46.5. The Morgan fingerprint density at radius 1 is 0.312 bits per heavy atom. The molecule has 0 aliphatic heterocycles. The molecule has 0 saturated heterocycles. The second-order valence-corrected chi connectivity index (χ2v) is 18.5. The number of esters is 3. The van der Waals surface area contributed by atoms with Gasteiger partial charge in [0.2, 0.25) is 0 Å². The summed E-state index contributed by atoms with van der Waals surface area (Å²) in [7, 11) is 0. The first-order chi connectivity index (χ1) is 31.5. The summed E-state index contributed by atoms with van der Waals surface area (Å²) in [5.74, 6) is -0.877. The Labute approximate surface area is 397 Å². The van der Waals surface area contributed by atoms with E-state index >= 15 is 0 Å². The van der Waals surface area contributed by atoms with Crippen LogP contribution in [-0.2, 0) is 28.6 Å². The number of carbonyl (C=O) groups is 3. The fourth-order valence-corrected chi connectivity index (χ4v) is 7.86. The van der Waals surface area contributed by atoms with Crippen LogP contribution in [0.1, 0.15) is 284 Å². The highest BCUT2D eigenvalue weighted by atomic mass is 16.6. The van der Waals surface area contributed by atoms with E-state index in [-0.39, 0.29) is 31.1 Å². The minimum atomic E-state index is -0.773. The van der Waals surface area contributed by atoms with Crippen LogP contribution in [0.5, 0.6) is 0 Å². The van der Waals surface area contributed by atoms with Gasteiger partial charge in [-0.05, 0) is 83.5 Å². The molecule has 0 aromatic heterocycles. The van der Waals surface area contributed by atoms with Crippen molar-refractivity contribution in [3.63, 3.8) is 0 Å². The molecule has 372 valence electrons. The molecule has 0 spiro atoms. The lowest BCUT2D eigenvalue weighted by molar-refractivity contribution is -0.167. The van der Waals surface area contributed by atoms with Crippen molar-refractivity contribution in [1.29, 1.82) is 0 Å². The van der Waals surface area contributed by atoms with E-state index < -0.39 is 6.10 Å². The summed E-state index contributed by atoms with van der Waals surface area (Å²) in [5.41, 5.74) is 0. The highest BCUT2D eigenvalue weighted by Crippen LogP contribution is 2.15. The van der Waals surface area contributed by atoms with E-state index in [1.807, 2.05) is 0 Å². The van der Waals surface area contributed by atoms with Crippen LogP contribution in [-0.4, -0.2) is 37.2 Å². The van der Waals surface area contributed by atoms with E-state index in [4.69, 9.17) is 14.2 Å². The van der Waals surface area contributed by atoms with Crippen LogP contribution < -0.4 is 0 Å². The zero-order valence-corrected chi connectivity index (χ0v) is 42.6. The van der Waals surface area contributed by atoms with Crippen molar-refractivity contribution >= 4 is 17.9 Å². The Morgan fingerprint density at radius 2 is 0.562 bits per heavy atom. The molecule has 0 aromatic rings. The molecule has 0 aliphatic rings. The second-order valence-electron chi connectivity index (χ2n) is 18.5. The Bertz CT molecular complexity index is 1120. The molecule has 6 heteroatoms. The SMILES string of the molecule is CCCCC/C=C\C/C=C\CCCCCCCCCCCC(=O)OCC(COC(=O)CCCCCCCCCC)OC(=O)CCCCCCCCCCC/C=C\C/C=C\CCCCC. The van der Waals surface area contributed by atoms with Crippen molar-refractivity contribution in [3.05, 3.63) is 48.6 Å². The van der Waals surface area contributed by atoms with Crippen LogP contribution in [0.2, 0.25) is 0 Å². The number of ether oxygens (including phenoxy) is 3. The number of hydrogen-bond acceptors (Lipinski definition) is 6. The molecule has 0 saturated carbocycles. The van der Waals surface area contributed by atoms with Crippen molar-refractivity contribution < 1.29 is 28.6 Å². The minimum absolute atomic E-state index is 0.0742. The Kier molecular flexibility index (Phi) is 50.8.